The van der Waals surface area contributed by atoms with Crippen molar-refractivity contribution in [3.8, 4) is 28.6 Å². The summed E-state index contributed by atoms with van der Waals surface area (Å²) < 4.78 is 10.3. The smallest absolute Gasteiger partial charge is 0.282 e. The molecule has 2 aromatic carbocycles. The van der Waals surface area contributed by atoms with Crippen LogP contribution < -0.4 is 10.5 Å². The van der Waals surface area contributed by atoms with E-state index in [2.05, 4.69) is 10.1 Å². The second-order valence-corrected chi connectivity index (χ2v) is 4.98. The molecule has 0 aliphatic heterocycles. The molecule has 9 nitrogen and oxygen atoms in total. The highest BCUT2D eigenvalue weighted by atomic mass is 16.6. The first-order valence-electron chi connectivity index (χ1n) is 7.13. The van der Waals surface area contributed by atoms with E-state index in [0.29, 0.717) is 11.3 Å². The van der Waals surface area contributed by atoms with Crippen LogP contribution in [0.2, 0.25) is 0 Å². The maximum absolute atomic E-state index is 11.1. The van der Waals surface area contributed by atoms with Crippen LogP contribution in [0.25, 0.3) is 22.8 Å². The lowest BCUT2D eigenvalue weighted by Gasteiger charge is -2.03. The largest absolute Gasteiger partial charge is 0.484 e. The third-order valence-corrected chi connectivity index (χ3v) is 3.25. The molecule has 126 valence electrons. The Balaban J connectivity index is 1.85. The summed E-state index contributed by atoms with van der Waals surface area (Å²) in [6.45, 7) is -0.219. The van der Waals surface area contributed by atoms with Crippen molar-refractivity contribution in [2.45, 2.75) is 0 Å². The Bertz CT molecular complexity index is 920. The lowest BCUT2D eigenvalue weighted by molar-refractivity contribution is -0.384. The van der Waals surface area contributed by atoms with Gasteiger partial charge in [-0.1, -0.05) is 17.3 Å². The lowest BCUT2D eigenvalue weighted by Crippen LogP contribution is -2.19. The molecule has 0 radical (unpaired) electrons. The number of nitro groups is 1. The molecule has 0 aliphatic rings. The molecule has 1 aromatic heterocycles. The first kappa shape index (κ1) is 16.1. The van der Waals surface area contributed by atoms with E-state index < -0.39 is 10.8 Å². The van der Waals surface area contributed by atoms with Crippen LogP contribution in [0.3, 0.4) is 0 Å². The van der Waals surface area contributed by atoms with Gasteiger partial charge < -0.3 is 15.0 Å². The second-order valence-electron chi connectivity index (χ2n) is 4.98. The van der Waals surface area contributed by atoms with Crippen LogP contribution in [-0.4, -0.2) is 27.6 Å². The highest BCUT2D eigenvalue weighted by molar-refractivity contribution is 5.75. The van der Waals surface area contributed by atoms with Crippen LogP contribution in [0.1, 0.15) is 0 Å². The molecule has 25 heavy (non-hydrogen) atoms. The van der Waals surface area contributed by atoms with Crippen molar-refractivity contribution in [1.82, 2.24) is 10.1 Å². The Morgan fingerprint density at radius 3 is 2.60 bits per heavy atom. The number of benzene rings is 2. The van der Waals surface area contributed by atoms with Crippen molar-refractivity contribution in [2.24, 2.45) is 5.73 Å². The number of carbonyl (C=O) groups is 1. The first-order valence-corrected chi connectivity index (χ1v) is 7.13. The predicted octanol–water partition coefficient (Wildman–Crippen LogP) is 2.18. The number of amides is 1. The van der Waals surface area contributed by atoms with Gasteiger partial charge in [0.05, 0.1) is 4.92 Å². The number of ether oxygens (including phenoxy) is 1. The standard InChI is InChI=1S/C16H12N4O5/c17-14(21)9-24-11-7-5-10(6-8-11)15-18-16(25-19-15)12-3-1-2-4-13(12)20(22)23/h1-8H,9H2,(H2,17,21). The van der Waals surface area contributed by atoms with Crippen molar-refractivity contribution >= 4 is 11.6 Å². The van der Waals surface area contributed by atoms with Crippen molar-refractivity contribution in [1.29, 1.82) is 0 Å². The Kier molecular flexibility index (Phi) is 4.38. The van der Waals surface area contributed by atoms with E-state index in [1.165, 1.54) is 12.1 Å². The van der Waals surface area contributed by atoms with Crippen LogP contribution in [0.5, 0.6) is 5.75 Å². The second kappa shape index (κ2) is 6.79. The molecule has 0 spiro atoms. The van der Waals surface area contributed by atoms with E-state index in [4.69, 9.17) is 15.0 Å². The molecule has 3 rings (SSSR count). The minimum absolute atomic E-state index is 0.0522. The summed E-state index contributed by atoms with van der Waals surface area (Å²) in [6, 6.07) is 12.7. The molecule has 0 bridgehead atoms. The highest BCUT2D eigenvalue weighted by Crippen LogP contribution is 2.30. The molecular weight excluding hydrogens is 328 g/mol. The zero-order chi connectivity index (χ0) is 17.8. The third-order valence-electron chi connectivity index (χ3n) is 3.25. The summed E-state index contributed by atoms with van der Waals surface area (Å²) >= 11 is 0. The number of hydrogen-bond acceptors (Lipinski definition) is 7. The number of rotatable bonds is 6. The summed E-state index contributed by atoms with van der Waals surface area (Å²) in [5.41, 5.74) is 5.76. The van der Waals surface area contributed by atoms with Crippen molar-refractivity contribution < 1.29 is 19.0 Å². The van der Waals surface area contributed by atoms with Gasteiger partial charge in [-0.05, 0) is 30.3 Å². The molecule has 1 heterocycles. The quantitative estimate of drug-likeness (QED) is 0.536. The van der Waals surface area contributed by atoms with Gasteiger partial charge in [0.1, 0.15) is 11.3 Å². The molecule has 1 amide bonds. The van der Waals surface area contributed by atoms with Crippen LogP contribution in [0, 0.1) is 10.1 Å². The number of nitrogens with two attached hydrogens (primary N) is 1. The molecule has 2 N–H and O–H groups in total. The zero-order valence-electron chi connectivity index (χ0n) is 12.8. The van der Waals surface area contributed by atoms with Gasteiger partial charge in [0.2, 0.25) is 5.82 Å². The van der Waals surface area contributed by atoms with Gasteiger partial charge in [-0.2, -0.15) is 4.98 Å². The maximum atomic E-state index is 11.1. The average molecular weight is 340 g/mol. The molecule has 0 unspecified atom stereocenters. The van der Waals surface area contributed by atoms with E-state index >= 15 is 0 Å². The van der Waals surface area contributed by atoms with Gasteiger partial charge in [-0.25, -0.2) is 0 Å². The molecule has 0 aliphatic carbocycles. The number of nitro benzene ring substituents is 1. The summed E-state index contributed by atoms with van der Waals surface area (Å²) in [6.07, 6.45) is 0. The van der Waals surface area contributed by atoms with Crippen LogP contribution in [0.4, 0.5) is 5.69 Å². The van der Waals surface area contributed by atoms with Gasteiger partial charge in [-0.15, -0.1) is 0 Å². The fourth-order valence-corrected chi connectivity index (χ4v) is 2.12. The zero-order valence-corrected chi connectivity index (χ0v) is 12.8. The summed E-state index contributed by atoms with van der Waals surface area (Å²) in [7, 11) is 0. The number of primary amides is 1. The van der Waals surface area contributed by atoms with Crippen LogP contribution in [0.15, 0.2) is 53.1 Å². The van der Waals surface area contributed by atoms with E-state index in [1.807, 2.05) is 0 Å². The molecule has 0 saturated carbocycles. The summed E-state index contributed by atoms with van der Waals surface area (Å²) in [4.78, 5) is 25.5. The number of aromatic nitrogens is 2. The third kappa shape index (κ3) is 3.61. The van der Waals surface area contributed by atoms with Crippen molar-refractivity contribution in [3.63, 3.8) is 0 Å². The molecule has 9 heteroatoms. The Labute approximate surface area is 141 Å². The molecular formula is C16H12N4O5. The monoisotopic (exact) mass is 340 g/mol. The minimum Gasteiger partial charge on any atom is -0.484 e. The normalized spacial score (nSPS) is 10.4. The molecule has 0 fully saturated rings. The van der Waals surface area contributed by atoms with Gasteiger partial charge in [0.25, 0.3) is 17.5 Å². The number of nitrogens with zero attached hydrogens (tertiary/aromatic N) is 3. The Morgan fingerprint density at radius 2 is 1.92 bits per heavy atom. The van der Waals surface area contributed by atoms with E-state index in [9.17, 15) is 14.9 Å². The molecule has 3 aromatic rings. The van der Waals surface area contributed by atoms with Crippen molar-refractivity contribution in [2.75, 3.05) is 6.61 Å². The SMILES string of the molecule is NC(=O)COc1ccc(-c2noc(-c3ccccc3[N+](=O)[O-])n2)cc1. The number of hydrogen-bond donors (Lipinski definition) is 1. The molecule has 0 atom stereocenters. The number of carbonyl (C=O) groups excluding carboxylic acids is 1. The van der Waals surface area contributed by atoms with Gasteiger partial charge in [0.15, 0.2) is 6.61 Å². The average Bonchev–Trinajstić information content (AvgIpc) is 3.10. The maximum Gasteiger partial charge on any atom is 0.282 e. The summed E-state index contributed by atoms with van der Waals surface area (Å²) in [5.74, 6) is 0.215. The summed E-state index contributed by atoms with van der Waals surface area (Å²) in [5, 5.41) is 14.9. The van der Waals surface area contributed by atoms with E-state index in [-0.39, 0.29) is 29.6 Å². The Hall–Kier alpha value is -3.75. The molecule has 0 saturated heterocycles. The van der Waals surface area contributed by atoms with Gasteiger partial charge in [0, 0.05) is 11.6 Å². The Morgan fingerprint density at radius 1 is 1.20 bits per heavy atom. The van der Waals surface area contributed by atoms with Crippen molar-refractivity contribution in [3.05, 3.63) is 58.6 Å². The van der Waals surface area contributed by atoms with Gasteiger partial charge >= 0.3 is 0 Å². The van der Waals surface area contributed by atoms with Crippen LogP contribution in [-0.2, 0) is 4.79 Å². The number of para-hydroxylation sites is 1. The predicted molar refractivity (Wildman–Crippen MR) is 86.5 cm³/mol. The van der Waals surface area contributed by atoms with E-state index in [1.54, 1.807) is 36.4 Å². The first-order chi connectivity index (χ1) is 12.0. The highest BCUT2D eigenvalue weighted by Gasteiger charge is 2.20. The van der Waals surface area contributed by atoms with Gasteiger partial charge in [-0.3, -0.25) is 14.9 Å². The lowest BCUT2D eigenvalue weighted by atomic mass is 10.2. The topological polar surface area (TPSA) is 134 Å². The fourth-order valence-electron chi connectivity index (χ4n) is 2.12. The minimum atomic E-state index is -0.573. The van der Waals surface area contributed by atoms with E-state index in [0.717, 1.165) is 0 Å². The van der Waals surface area contributed by atoms with Crippen LogP contribution >= 0.6 is 0 Å². The fraction of sp³-hybridized carbons (Fsp3) is 0.0625.